The molecule has 0 fully saturated rings. The zero-order chi connectivity index (χ0) is 18.7. The van der Waals surface area contributed by atoms with Crippen LogP contribution in [0.15, 0.2) is 47.2 Å². The summed E-state index contributed by atoms with van der Waals surface area (Å²) >= 11 is 6.06. The minimum Gasteiger partial charge on any atom is -0.360 e. The van der Waals surface area contributed by atoms with Crippen LogP contribution in [0.3, 0.4) is 0 Å². The summed E-state index contributed by atoms with van der Waals surface area (Å²) in [4.78, 5) is 28.6. The Balaban J connectivity index is 1.74. The lowest BCUT2D eigenvalue weighted by Gasteiger charge is -2.08. The molecule has 0 aliphatic carbocycles. The van der Waals surface area contributed by atoms with Crippen LogP contribution in [0.1, 0.15) is 32.0 Å². The number of carbonyl (C=O) groups excluding carboxylic acids is 2. The van der Waals surface area contributed by atoms with Crippen LogP contribution in [0.2, 0.25) is 5.02 Å². The first-order chi connectivity index (χ1) is 12.4. The van der Waals surface area contributed by atoms with Crippen molar-refractivity contribution in [3.63, 3.8) is 0 Å². The van der Waals surface area contributed by atoms with E-state index < -0.39 is 11.8 Å². The minimum atomic E-state index is -0.446. The van der Waals surface area contributed by atoms with Crippen LogP contribution in [-0.2, 0) is 0 Å². The Hall–Kier alpha value is -3.19. The van der Waals surface area contributed by atoms with Crippen LogP contribution in [0.5, 0.6) is 0 Å². The summed E-state index contributed by atoms with van der Waals surface area (Å²) in [6.07, 6.45) is 2.74. The van der Waals surface area contributed by atoms with Crippen molar-refractivity contribution >= 4 is 34.9 Å². The highest BCUT2D eigenvalue weighted by atomic mass is 35.5. The number of anilines is 2. The van der Waals surface area contributed by atoms with E-state index in [9.17, 15) is 9.59 Å². The number of nitrogens with zero attached hydrogens (tertiary/aromatic N) is 2. The summed E-state index contributed by atoms with van der Waals surface area (Å²) in [5, 5.41) is 9.54. The molecule has 0 saturated carbocycles. The molecule has 2 aromatic heterocycles. The van der Waals surface area contributed by atoms with Crippen LogP contribution in [-0.4, -0.2) is 22.0 Å². The van der Waals surface area contributed by atoms with E-state index in [-0.39, 0.29) is 16.9 Å². The van der Waals surface area contributed by atoms with E-state index in [1.165, 1.54) is 18.5 Å². The standard InChI is InChI=1S/C18H15ClN4O3/c1-10-3-4-14(7-15(10)19)21-17(24)12-6-13(9-20-8-12)18(25)22-16-5-11(2)26-23-16/h3-9H,1-2H3,(H,21,24)(H,22,23,25). The Morgan fingerprint density at radius 2 is 1.69 bits per heavy atom. The van der Waals surface area contributed by atoms with Gasteiger partial charge in [0, 0.05) is 29.2 Å². The number of hydrogen-bond donors (Lipinski definition) is 2. The van der Waals surface area contributed by atoms with Crippen molar-refractivity contribution < 1.29 is 14.1 Å². The summed E-state index contributed by atoms with van der Waals surface area (Å²) < 4.78 is 4.89. The summed E-state index contributed by atoms with van der Waals surface area (Å²) in [7, 11) is 0. The highest BCUT2D eigenvalue weighted by Gasteiger charge is 2.13. The Bertz CT molecular complexity index is 984. The van der Waals surface area contributed by atoms with E-state index in [4.69, 9.17) is 16.1 Å². The van der Waals surface area contributed by atoms with Gasteiger partial charge in [-0.3, -0.25) is 14.6 Å². The third-order valence-electron chi connectivity index (χ3n) is 3.56. The number of amides is 2. The molecule has 3 aromatic rings. The number of rotatable bonds is 4. The van der Waals surface area contributed by atoms with Crippen molar-refractivity contribution in [2.75, 3.05) is 10.6 Å². The van der Waals surface area contributed by atoms with Gasteiger partial charge in [0.2, 0.25) is 0 Å². The molecule has 0 aliphatic heterocycles. The predicted octanol–water partition coefficient (Wildman–Crippen LogP) is 3.84. The monoisotopic (exact) mass is 370 g/mol. The van der Waals surface area contributed by atoms with Crippen LogP contribution in [0, 0.1) is 13.8 Å². The summed E-state index contributed by atoms with van der Waals surface area (Å²) in [5.41, 5.74) is 1.93. The van der Waals surface area contributed by atoms with E-state index >= 15 is 0 Å². The highest BCUT2D eigenvalue weighted by Crippen LogP contribution is 2.20. The van der Waals surface area contributed by atoms with E-state index in [1.807, 2.05) is 6.92 Å². The quantitative estimate of drug-likeness (QED) is 0.727. The molecule has 2 heterocycles. The van der Waals surface area contributed by atoms with Gasteiger partial charge < -0.3 is 15.2 Å². The van der Waals surface area contributed by atoms with Gasteiger partial charge in [-0.15, -0.1) is 0 Å². The molecule has 2 N–H and O–H groups in total. The number of halogens is 1. The first kappa shape index (κ1) is 17.6. The third kappa shape index (κ3) is 4.07. The molecule has 26 heavy (non-hydrogen) atoms. The molecule has 1 aromatic carbocycles. The van der Waals surface area contributed by atoms with Gasteiger partial charge in [-0.25, -0.2) is 0 Å². The number of hydrogen-bond acceptors (Lipinski definition) is 5. The van der Waals surface area contributed by atoms with Crippen LogP contribution in [0.25, 0.3) is 0 Å². The second-order valence-electron chi connectivity index (χ2n) is 5.66. The molecule has 7 nitrogen and oxygen atoms in total. The van der Waals surface area contributed by atoms with Gasteiger partial charge in [-0.2, -0.15) is 0 Å². The Labute approximate surface area is 154 Å². The van der Waals surface area contributed by atoms with Gasteiger partial charge in [0.1, 0.15) is 5.76 Å². The van der Waals surface area contributed by atoms with Gasteiger partial charge in [0.25, 0.3) is 11.8 Å². The second-order valence-corrected chi connectivity index (χ2v) is 6.06. The average Bonchev–Trinajstić information content (AvgIpc) is 3.03. The summed E-state index contributed by atoms with van der Waals surface area (Å²) in [6, 6.07) is 8.24. The molecular formula is C18H15ClN4O3. The van der Waals surface area contributed by atoms with Crippen molar-refractivity contribution in [2.24, 2.45) is 0 Å². The van der Waals surface area contributed by atoms with Gasteiger partial charge >= 0.3 is 0 Å². The first-order valence-corrected chi connectivity index (χ1v) is 8.07. The topological polar surface area (TPSA) is 97.1 Å². The van der Waals surface area contributed by atoms with E-state index in [0.29, 0.717) is 16.5 Å². The van der Waals surface area contributed by atoms with Crippen molar-refractivity contribution in [1.82, 2.24) is 10.1 Å². The lowest BCUT2D eigenvalue weighted by molar-refractivity contribution is 0.102. The number of nitrogens with one attached hydrogen (secondary N) is 2. The first-order valence-electron chi connectivity index (χ1n) is 7.69. The average molecular weight is 371 g/mol. The highest BCUT2D eigenvalue weighted by molar-refractivity contribution is 6.31. The molecule has 0 radical (unpaired) electrons. The molecular weight excluding hydrogens is 356 g/mol. The molecule has 8 heteroatoms. The van der Waals surface area contributed by atoms with Crippen molar-refractivity contribution in [3.8, 4) is 0 Å². The van der Waals surface area contributed by atoms with Crippen LogP contribution < -0.4 is 10.6 Å². The number of carbonyl (C=O) groups is 2. The van der Waals surface area contributed by atoms with Crippen molar-refractivity contribution in [2.45, 2.75) is 13.8 Å². The Morgan fingerprint density at radius 3 is 2.31 bits per heavy atom. The molecule has 2 amide bonds. The van der Waals surface area contributed by atoms with Gasteiger partial charge in [0.05, 0.1) is 11.1 Å². The number of benzene rings is 1. The van der Waals surface area contributed by atoms with Gasteiger partial charge in [-0.1, -0.05) is 22.8 Å². The number of aromatic nitrogens is 2. The maximum atomic E-state index is 12.4. The number of pyridine rings is 1. The number of aryl methyl sites for hydroxylation is 2. The zero-order valence-electron chi connectivity index (χ0n) is 14.0. The largest absolute Gasteiger partial charge is 0.360 e. The maximum absolute atomic E-state index is 12.4. The smallest absolute Gasteiger partial charge is 0.258 e. The second kappa shape index (κ2) is 7.37. The molecule has 0 saturated heterocycles. The Morgan fingerprint density at radius 1 is 1.00 bits per heavy atom. The summed E-state index contributed by atoms with van der Waals surface area (Å²) in [5.74, 6) is 0.0168. The fourth-order valence-corrected chi connectivity index (χ4v) is 2.36. The van der Waals surface area contributed by atoms with Crippen LogP contribution >= 0.6 is 11.6 Å². The van der Waals surface area contributed by atoms with E-state index in [0.717, 1.165) is 5.56 Å². The van der Waals surface area contributed by atoms with Gasteiger partial charge in [0.15, 0.2) is 5.82 Å². The molecule has 132 valence electrons. The molecule has 0 unspecified atom stereocenters. The molecule has 0 bridgehead atoms. The van der Waals surface area contributed by atoms with E-state index in [2.05, 4.69) is 20.8 Å². The summed E-state index contributed by atoms with van der Waals surface area (Å²) in [6.45, 7) is 3.59. The lowest BCUT2D eigenvalue weighted by Crippen LogP contribution is -2.16. The zero-order valence-corrected chi connectivity index (χ0v) is 14.8. The normalized spacial score (nSPS) is 10.4. The molecule has 0 aliphatic rings. The third-order valence-corrected chi connectivity index (χ3v) is 3.97. The minimum absolute atomic E-state index is 0.222. The maximum Gasteiger partial charge on any atom is 0.258 e. The fraction of sp³-hybridized carbons (Fsp3) is 0.111. The molecule has 0 spiro atoms. The lowest BCUT2D eigenvalue weighted by atomic mass is 10.1. The fourth-order valence-electron chi connectivity index (χ4n) is 2.18. The predicted molar refractivity (Wildman–Crippen MR) is 97.6 cm³/mol. The van der Waals surface area contributed by atoms with E-state index in [1.54, 1.807) is 31.2 Å². The van der Waals surface area contributed by atoms with Crippen LogP contribution in [0.4, 0.5) is 11.5 Å². The molecule has 0 atom stereocenters. The SMILES string of the molecule is Cc1cc(NC(=O)c2cncc(C(=O)Nc3ccc(C)c(Cl)c3)c2)no1. The Kier molecular flexibility index (Phi) is 4.99. The molecule has 3 rings (SSSR count). The van der Waals surface area contributed by atoms with Crippen molar-refractivity contribution in [1.29, 1.82) is 0 Å². The van der Waals surface area contributed by atoms with Gasteiger partial charge in [-0.05, 0) is 37.6 Å². The van der Waals surface area contributed by atoms with Crippen molar-refractivity contribution in [3.05, 3.63) is 70.2 Å².